The van der Waals surface area contributed by atoms with Crippen LogP contribution in [0.25, 0.3) is 0 Å². The molecule has 1 unspecified atom stereocenters. The van der Waals surface area contributed by atoms with Gasteiger partial charge in [0, 0.05) is 11.6 Å². The molecule has 0 bridgehead atoms. The second-order valence-corrected chi connectivity index (χ2v) is 7.07. The summed E-state index contributed by atoms with van der Waals surface area (Å²) in [5, 5.41) is 3.40. The maximum Gasteiger partial charge on any atom is 0.392 e. The number of fused-ring (bicyclic) bond motifs is 1. The highest BCUT2D eigenvalue weighted by Gasteiger charge is 2.37. The third-order valence-electron chi connectivity index (χ3n) is 4.70. The molecule has 0 saturated heterocycles. The summed E-state index contributed by atoms with van der Waals surface area (Å²) in [5.74, 6) is 0.553. The van der Waals surface area contributed by atoms with E-state index in [9.17, 15) is 18.0 Å². The number of anilines is 2. The molecule has 5 nitrogen and oxygen atoms in total. The van der Waals surface area contributed by atoms with Crippen LogP contribution in [0.3, 0.4) is 0 Å². The van der Waals surface area contributed by atoms with Crippen LogP contribution in [0, 0.1) is 0 Å². The maximum absolute atomic E-state index is 13.0. The molecular weight excluding hydrogens is 419 g/mol. The summed E-state index contributed by atoms with van der Waals surface area (Å²) >= 11 is 0. The fraction of sp³-hybridized carbons (Fsp3) is 0.333. The van der Waals surface area contributed by atoms with Crippen LogP contribution in [0.4, 0.5) is 24.5 Å². The van der Waals surface area contributed by atoms with E-state index < -0.39 is 12.6 Å². The second-order valence-electron chi connectivity index (χ2n) is 7.07. The number of alkyl halides is 3. The lowest BCUT2D eigenvalue weighted by Crippen LogP contribution is -2.32. The third kappa shape index (κ3) is 6.95. The predicted molar refractivity (Wildman–Crippen MR) is 120 cm³/mol. The number of unbranched alkanes of at least 4 members (excludes halogenated alkanes) is 2. The molecule has 0 radical (unpaired) electrons. The number of halogens is 3. The van der Waals surface area contributed by atoms with Crippen molar-refractivity contribution in [3.8, 4) is 5.88 Å². The average molecular weight is 448 g/mol. The van der Waals surface area contributed by atoms with Crippen molar-refractivity contribution in [2.45, 2.75) is 37.9 Å². The molecule has 2 heterocycles. The van der Waals surface area contributed by atoms with Crippen molar-refractivity contribution in [2.75, 3.05) is 18.6 Å². The van der Waals surface area contributed by atoms with Gasteiger partial charge in [-0.05, 0) is 37.9 Å². The first kappa shape index (κ1) is 25.1. The number of para-hydroxylation sites is 1. The molecule has 8 heteroatoms. The summed E-state index contributed by atoms with van der Waals surface area (Å²) in [6.45, 7) is 7.46. The number of hydrogen-bond donors (Lipinski definition) is 1. The molecule has 2 aromatic rings. The lowest BCUT2D eigenvalue weighted by atomic mass is 10.1. The molecule has 1 atom stereocenters. The molecule has 172 valence electrons. The molecule has 0 saturated carbocycles. The van der Waals surface area contributed by atoms with Crippen LogP contribution in [-0.2, 0) is 4.79 Å². The number of ether oxygens (including phenoxy) is 1. The van der Waals surface area contributed by atoms with Gasteiger partial charge in [-0.15, -0.1) is 13.2 Å². The molecule has 1 aliphatic heterocycles. The van der Waals surface area contributed by atoms with Gasteiger partial charge in [0.1, 0.15) is 6.04 Å². The first-order valence-electron chi connectivity index (χ1n) is 10.3. The third-order valence-corrected chi connectivity index (χ3v) is 4.70. The smallest absolute Gasteiger partial charge is 0.392 e. The first-order valence-corrected chi connectivity index (χ1v) is 10.3. The lowest BCUT2D eigenvalue weighted by molar-refractivity contribution is -0.125. The number of benzene rings is 1. The number of hydrogen-bond acceptors (Lipinski definition) is 4. The quantitative estimate of drug-likeness (QED) is 0.385. The Labute approximate surface area is 186 Å². The minimum atomic E-state index is -4.07. The largest absolute Gasteiger partial charge is 0.481 e. The number of nitrogens with one attached hydrogen (secondary N) is 1. The van der Waals surface area contributed by atoms with E-state index in [-0.39, 0.29) is 11.9 Å². The summed E-state index contributed by atoms with van der Waals surface area (Å²) in [5.41, 5.74) is 2.66. The number of amides is 1. The molecule has 0 fully saturated rings. The highest BCUT2D eigenvalue weighted by molar-refractivity contribution is 6.09. The SMILES string of the molecule is C=CCC(F)(F)F.C=CCCCCNC1C(=O)N(c2ccc(OC)nc2)c2ccccc21. The Bertz CT molecular complexity index is 898. The van der Waals surface area contributed by atoms with Crippen molar-refractivity contribution in [3.63, 3.8) is 0 Å². The van der Waals surface area contributed by atoms with Crippen molar-refractivity contribution in [1.29, 1.82) is 0 Å². The van der Waals surface area contributed by atoms with Crippen LogP contribution < -0.4 is 15.0 Å². The monoisotopic (exact) mass is 447 g/mol. The van der Waals surface area contributed by atoms with Crippen LogP contribution in [0.1, 0.15) is 37.3 Å². The Morgan fingerprint density at radius 3 is 2.47 bits per heavy atom. The van der Waals surface area contributed by atoms with Crippen molar-refractivity contribution in [3.05, 3.63) is 73.5 Å². The number of carbonyl (C=O) groups is 1. The van der Waals surface area contributed by atoms with Gasteiger partial charge in [-0.3, -0.25) is 9.69 Å². The lowest BCUT2D eigenvalue weighted by Gasteiger charge is -2.18. The van der Waals surface area contributed by atoms with E-state index in [4.69, 9.17) is 4.74 Å². The Morgan fingerprint density at radius 2 is 1.91 bits per heavy atom. The van der Waals surface area contributed by atoms with Crippen LogP contribution in [0.2, 0.25) is 0 Å². The molecule has 1 N–H and O–H groups in total. The van der Waals surface area contributed by atoms with E-state index in [1.54, 1.807) is 24.3 Å². The zero-order chi connectivity index (χ0) is 23.6. The molecule has 1 amide bonds. The van der Waals surface area contributed by atoms with E-state index in [2.05, 4.69) is 23.5 Å². The maximum atomic E-state index is 13.0. The molecule has 0 spiro atoms. The fourth-order valence-corrected chi connectivity index (χ4v) is 3.23. The van der Waals surface area contributed by atoms with E-state index >= 15 is 0 Å². The van der Waals surface area contributed by atoms with Crippen molar-refractivity contribution in [2.24, 2.45) is 0 Å². The molecular formula is C24H28F3N3O2. The first-order chi connectivity index (χ1) is 15.3. The van der Waals surface area contributed by atoms with Gasteiger partial charge in [0.2, 0.25) is 5.88 Å². The topological polar surface area (TPSA) is 54.5 Å². The number of carbonyl (C=O) groups excluding carboxylic acids is 1. The summed E-state index contributed by atoms with van der Waals surface area (Å²) < 4.78 is 38.1. The predicted octanol–water partition coefficient (Wildman–Crippen LogP) is 5.88. The summed E-state index contributed by atoms with van der Waals surface area (Å²) in [6.07, 6.45) is 2.55. The van der Waals surface area contributed by atoms with E-state index in [0.29, 0.717) is 5.88 Å². The summed E-state index contributed by atoms with van der Waals surface area (Å²) in [6, 6.07) is 11.2. The Morgan fingerprint density at radius 1 is 1.16 bits per heavy atom. The number of nitrogens with zero attached hydrogens (tertiary/aromatic N) is 2. The van der Waals surface area contributed by atoms with Gasteiger partial charge in [-0.2, -0.15) is 13.2 Å². The van der Waals surface area contributed by atoms with Gasteiger partial charge in [0.05, 0.1) is 31.1 Å². The highest BCUT2D eigenvalue weighted by Crippen LogP contribution is 2.40. The van der Waals surface area contributed by atoms with Crippen LogP contribution in [-0.4, -0.2) is 30.7 Å². The fourth-order valence-electron chi connectivity index (χ4n) is 3.23. The number of aromatic nitrogens is 1. The van der Waals surface area contributed by atoms with E-state index in [1.165, 1.54) is 0 Å². The molecule has 1 aliphatic rings. The van der Waals surface area contributed by atoms with Crippen molar-refractivity contribution < 1.29 is 22.7 Å². The van der Waals surface area contributed by atoms with Gasteiger partial charge >= 0.3 is 6.18 Å². The number of methoxy groups -OCH3 is 1. The standard InChI is InChI=1S/C20H23N3O2.C4H5F3/c1-3-4-5-8-13-21-19-16-9-6-7-10-17(16)23(20(19)24)15-11-12-18(25-2)22-14-15;1-2-3-4(5,6)7/h3,6-7,9-12,14,19,21H,1,4-5,8,13H2,2H3;2H,1,3H2. The number of allylic oxidation sites excluding steroid dienone is 2. The van der Waals surface area contributed by atoms with Crippen molar-refractivity contribution >= 4 is 17.3 Å². The van der Waals surface area contributed by atoms with Crippen LogP contribution in [0.5, 0.6) is 5.88 Å². The highest BCUT2D eigenvalue weighted by atomic mass is 19.4. The van der Waals surface area contributed by atoms with Crippen LogP contribution >= 0.6 is 0 Å². The molecule has 0 aliphatic carbocycles. The van der Waals surface area contributed by atoms with Gasteiger partial charge < -0.3 is 10.1 Å². The van der Waals surface area contributed by atoms with Gasteiger partial charge in [-0.25, -0.2) is 4.98 Å². The summed E-state index contributed by atoms with van der Waals surface area (Å²) in [4.78, 5) is 19.0. The molecule has 1 aromatic heterocycles. The minimum Gasteiger partial charge on any atom is -0.481 e. The molecule has 32 heavy (non-hydrogen) atoms. The normalized spacial score (nSPS) is 14.9. The van der Waals surface area contributed by atoms with Gasteiger partial charge in [-0.1, -0.05) is 30.4 Å². The van der Waals surface area contributed by atoms with Gasteiger partial charge in [0.25, 0.3) is 5.91 Å². The average Bonchev–Trinajstić information content (AvgIpc) is 3.05. The molecule has 1 aromatic carbocycles. The Balaban J connectivity index is 0.000000451. The van der Waals surface area contributed by atoms with E-state index in [1.807, 2.05) is 36.4 Å². The zero-order valence-corrected chi connectivity index (χ0v) is 18.1. The molecule has 3 rings (SSSR count). The van der Waals surface area contributed by atoms with Crippen molar-refractivity contribution in [1.82, 2.24) is 10.3 Å². The Hall–Kier alpha value is -3.13. The summed E-state index contributed by atoms with van der Waals surface area (Å²) in [7, 11) is 1.57. The Kier molecular flexibility index (Phi) is 9.46. The zero-order valence-electron chi connectivity index (χ0n) is 18.1. The van der Waals surface area contributed by atoms with Crippen LogP contribution in [0.15, 0.2) is 67.9 Å². The van der Waals surface area contributed by atoms with Gasteiger partial charge in [0.15, 0.2) is 0 Å². The minimum absolute atomic E-state index is 0.0249. The number of rotatable bonds is 9. The number of pyridine rings is 1. The van der Waals surface area contributed by atoms with E-state index in [0.717, 1.165) is 48.8 Å². The second kappa shape index (κ2) is 12.0.